The lowest BCUT2D eigenvalue weighted by Gasteiger charge is -2.10. The number of nitrogens with one attached hydrogen (secondary N) is 1. The zero-order chi connectivity index (χ0) is 22.3. The molecule has 0 aromatic heterocycles. The van der Waals surface area contributed by atoms with Gasteiger partial charge < -0.3 is 10.1 Å². The number of hydrogen-bond donors (Lipinski definition) is 1. The van der Waals surface area contributed by atoms with Crippen molar-refractivity contribution in [1.29, 1.82) is 5.26 Å². The molecule has 0 aliphatic heterocycles. The van der Waals surface area contributed by atoms with Crippen molar-refractivity contribution >= 4 is 29.3 Å². The van der Waals surface area contributed by atoms with Crippen molar-refractivity contribution in [2.24, 2.45) is 0 Å². The molecule has 2 rings (SSSR count). The van der Waals surface area contributed by atoms with Crippen LogP contribution in [0.5, 0.6) is 0 Å². The lowest BCUT2D eigenvalue weighted by molar-refractivity contribution is -0.384. The van der Waals surface area contributed by atoms with Crippen LogP contribution in [-0.4, -0.2) is 23.4 Å². The average Bonchev–Trinajstić information content (AvgIpc) is 2.70. The van der Waals surface area contributed by atoms with Crippen LogP contribution < -0.4 is 5.32 Å². The second-order valence-corrected chi connectivity index (χ2v) is 5.69. The van der Waals surface area contributed by atoms with Crippen molar-refractivity contribution in [3.8, 4) is 6.07 Å². The highest BCUT2D eigenvalue weighted by atomic mass is 19.4. The molecule has 0 fully saturated rings. The molecule has 0 aliphatic rings. The van der Waals surface area contributed by atoms with Crippen LogP contribution in [0.1, 0.15) is 11.1 Å². The number of carbonyl (C=O) groups is 2. The summed E-state index contributed by atoms with van der Waals surface area (Å²) in [5, 5.41) is 22.1. The van der Waals surface area contributed by atoms with Gasteiger partial charge in [-0.15, -0.1) is 0 Å². The van der Waals surface area contributed by atoms with Gasteiger partial charge in [0.05, 0.1) is 10.5 Å². The van der Waals surface area contributed by atoms with Crippen molar-refractivity contribution in [2.75, 3.05) is 11.9 Å². The Morgan fingerprint density at radius 2 is 1.87 bits per heavy atom. The predicted octanol–water partition coefficient (Wildman–Crippen LogP) is 3.70. The first-order chi connectivity index (χ1) is 14.1. The van der Waals surface area contributed by atoms with E-state index in [-0.39, 0.29) is 6.07 Å². The summed E-state index contributed by atoms with van der Waals surface area (Å²) in [6.45, 7) is -0.912. The monoisotopic (exact) mass is 419 g/mol. The lowest BCUT2D eigenvalue weighted by Crippen LogP contribution is -2.22. The topological polar surface area (TPSA) is 122 Å². The highest BCUT2D eigenvalue weighted by Crippen LogP contribution is 2.34. The van der Waals surface area contributed by atoms with Gasteiger partial charge in [-0.25, -0.2) is 4.79 Å². The summed E-state index contributed by atoms with van der Waals surface area (Å²) in [4.78, 5) is 33.8. The predicted molar refractivity (Wildman–Crippen MR) is 97.7 cm³/mol. The van der Waals surface area contributed by atoms with Crippen LogP contribution in [0.25, 0.3) is 6.08 Å². The molecule has 2 aromatic carbocycles. The Morgan fingerprint density at radius 3 is 2.43 bits per heavy atom. The number of esters is 1. The Kier molecular flexibility index (Phi) is 6.87. The van der Waals surface area contributed by atoms with Crippen molar-refractivity contribution in [1.82, 2.24) is 0 Å². The van der Waals surface area contributed by atoms with E-state index in [4.69, 9.17) is 5.26 Å². The Morgan fingerprint density at radius 1 is 1.20 bits per heavy atom. The molecule has 0 saturated carbocycles. The molecule has 0 bridgehead atoms. The number of anilines is 1. The molecular formula is C19H12F3N3O5. The number of halogens is 3. The number of ether oxygens (including phenoxy) is 1. The minimum Gasteiger partial charge on any atom is -0.451 e. The van der Waals surface area contributed by atoms with Crippen LogP contribution in [-0.2, 0) is 20.5 Å². The van der Waals surface area contributed by atoms with E-state index in [1.165, 1.54) is 6.08 Å². The molecular weight excluding hydrogens is 407 g/mol. The van der Waals surface area contributed by atoms with Gasteiger partial charge in [-0.2, -0.15) is 18.4 Å². The normalized spacial score (nSPS) is 11.3. The van der Waals surface area contributed by atoms with E-state index in [0.717, 1.165) is 6.07 Å². The molecule has 0 aliphatic carbocycles. The lowest BCUT2D eigenvalue weighted by atomic mass is 10.1. The Bertz CT molecular complexity index is 1040. The van der Waals surface area contributed by atoms with E-state index in [1.807, 2.05) is 5.32 Å². The van der Waals surface area contributed by atoms with E-state index in [2.05, 4.69) is 4.74 Å². The molecule has 1 amide bonds. The third-order valence-electron chi connectivity index (χ3n) is 3.58. The van der Waals surface area contributed by atoms with Gasteiger partial charge in [-0.05, 0) is 23.8 Å². The number of nitriles is 1. The van der Waals surface area contributed by atoms with Gasteiger partial charge in [-0.3, -0.25) is 14.9 Å². The average molecular weight is 419 g/mol. The second kappa shape index (κ2) is 9.33. The SMILES string of the molecule is N#C/C(=C/c1ccccc1)C(=O)OCC(=O)Nc1ccc(C(F)(F)F)cc1[N+](=O)[O-]. The number of alkyl halides is 3. The number of benzene rings is 2. The van der Waals surface area contributed by atoms with E-state index < -0.39 is 52.1 Å². The van der Waals surface area contributed by atoms with E-state index in [1.54, 1.807) is 36.4 Å². The first-order valence-electron chi connectivity index (χ1n) is 8.11. The maximum Gasteiger partial charge on any atom is 0.416 e. The molecule has 154 valence electrons. The molecule has 1 N–H and O–H groups in total. The maximum absolute atomic E-state index is 12.7. The maximum atomic E-state index is 12.7. The quantitative estimate of drug-likeness (QED) is 0.250. The Hall–Kier alpha value is -4.20. The highest BCUT2D eigenvalue weighted by Gasteiger charge is 2.33. The largest absolute Gasteiger partial charge is 0.451 e. The Balaban J connectivity index is 2.07. The smallest absolute Gasteiger partial charge is 0.416 e. The molecule has 30 heavy (non-hydrogen) atoms. The first-order valence-corrected chi connectivity index (χ1v) is 8.11. The van der Waals surface area contributed by atoms with Crippen LogP contribution in [0.2, 0.25) is 0 Å². The molecule has 11 heteroatoms. The van der Waals surface area contributed by atoms with Gasteiger partial charge in [0.25, 0.3) is 11.6 Å². The second-order valence-electron chi connectivity index (χ2n) is 5.69. The third-order valence-corrected chi connectivity index (χ3v) is 3.58. The van der Waals surface area contributed by atoms with E-state index in [9.17, 15) is 32.9 Å². The summed E-state index contributed by atoms with van der Waals surface area (Å²) in [6.07, 6.45) is -3.57. The third kappa shape index (κ3) is 5.90. The molecule has 0 radical (unpaired) electrons. The van der Waals surface area contributed by atoms with Gasteiger partial charge in [0.2, 0.25) is 0 Å². The van der Waals surface area contributed by atoms with Crippen LogP contribution in [0.3, 0.4) is 0 Å². The minimum atomic E-state index is -4.80. The van der Waals surface area contributed by atoms with E-state index >= 15 is 0 Å². The molecule has 0 unspecified atom stereocenters. The Labute approximate surface area is 167 Å². The zero-order valence-corrected chi connectivity index (χ0v) is 15.0. The number of carbonyl (C=O) groups excluding carboxylic acids is 2. The number of nitro groups is 1. The van der Waals surface area contributed by atoms with Gasteiger partial charge in [0, 0.05) is 6.07 Å². The fourth-order valence-corrected chi connectivity index (χ4v) is 2.21. The van der Waals surface area contributed by atoms with Crippen molar-refractivity contribution in [3.05, 3.63) is 75.3 Å². The fraction of sp³-hybridized carbons (Fsp3) is 0.105. The number of nitro benzene ring substituents is 1. The number of nitrogens with zero attached hydrogens (tertiary/aromatic N) is 2. The van der Waals surface area contributed by atoms with Gasteiger partial charge >= 0.3 is 12.1 Å². The number of rotatable bonds is 6. The van der Waals surface area contributed by atoms with Crippen LogP contribution >= 0.6 is 0 Å². The molecule has 0 atom stereocenters. The van der Waals surface area contributed by atoms with Crippen molar-refractivity contribution in [3.63, 3.8) is 0 Å². The minimum absolute atomic E-state index is 0.276. The summed E-state index contributed by atoms with van der Waals surface area (Å²) in [6, 6.07) is 11.5. The summed E-state index contributed by atoms with van der Waals surface area (Å²) >= 11 is 0. The van der Waals surface area contributed by atoms with Crippen LogP contribution in [0, 0.1) is 21.4 Å². The summed E-state index contributed by atoms with van der Waals surface area (Å²) < 4.78 is 42.8. The van der Waals surface area contributed by atoms with Crippen LogP contribution in [0.15, 0.2) is 54.1 Å². The van der Waals surface area contributed by atoms with Crippen molar-refractivity contribution in [2.45, 2.75) is 6.18 Å². The molecule has 0 saturated heterocycles. The molecule has 8 nitrogen and oxygen atoms in total. The van der Waals surface area contributed by atoms with Crippen molar-refractivity contribution < 1.29 is 32.4 Å². The van der Waals surface area contributed by atoms with Gasteiger partial charge in [-0.1, -0.05) is 30.3 Å². The first kappa shape index (κ1) is 22.1. The summed E-state index contributed by atoms with van der Waals surface area (Å²) in [5.74, 6) is -2.15. The number of hydrogen-bond acceptors (Lipinski definition) is 6. The molecule has 0 spiro atoms. The van der Waals surface area contributed by atoms with Crippen LogP contribution in [0.4, 0.5) is 24.5 Å². The molecule has 0 heterocycles. The summed E-state index contributed by atoms with van der Waals surface area (Å²) in [5.41, 5.74) is -2.60. The highest BCUT2D eigenvalue weighted by molar-refractivity contribution is 6.00. The summed E-state index contributed by atoms with van der Waals surface area (Å²) in [7, 11) is 0. The van der Waals surface area contributed by atoms with Gasteiger partial charge in [0.15, 0.2) is 6.61 Å². The van der Waals surface area contributed by atoms with E-state index in [0.29, 0.717) is 11.6 Å². The zero-order valence-electron chi connectivity index (χ0n) is 15.0. The standard InChI is InChI=1S/C19H12F3N3O5/c20-19(21,22)14-6-7-15(16(9-14)25(28)29)24-17(26)11-30-18(27)13(10-23)8-12-4-2-1-3-5-12/h1-9H,11H2,(H,24,26)/b13-8-. The van der Waals surface area contributed by atoms with Gasteiger partial charge in [0.1, 0.15) is 17.3 Å². The fourth-order valence-electron chi connectivity index (χ4n) is 2.21. The number of amides is 1. The molecule has 2 aromatic rings.